The highest BCUT2D eigenvalue weighted by Crippen LogP contribution is 2.61. The number of allylic oxidation sites excluding steroid dienone is 3. The third-order valence-electron chi connectivity index (χ3n) is 12.1. The van der Waals surface area contributed by atoms with Crippen LogP contribution >= 0.6 is 0 Å². The minimum atomic E-state index is -0.371. The van der Waals surface area contributed by atoms with Crippen molar-refractivity contribution in [1.82, 2.24) is 13.9 Å². The summed E-state index contributed by atoms with van der Waals surface area (Å²) in [6, 6.07) is 9.17. The number of hydrogen-bond donors (Lipinski definition) is 1. The average Bonchev–Trinajstić information content (AvgIpc) is 3.45. The van der Waals surface area contributed by atoms with Gasteiger partial charge in [-0.2, -0.15) is 0 Å². The van der Waals surface area contributed by atoms with Crippen LogP contribution in [0.1, 0.15) is 98.4 Å². The molecule has 1 aromatic carbocycles. The fraction of sp³-hybridized carbons (Fsp3) is 0.667. The highest BCUT2D eigenvalue weighted by Gasteiger charge is 2.53. The summed E-state index contributed by atoms with van der Waals surface area (Å²) in [4.78, 5) is 27.8. The van der Waals surface area contributed by atoms with Crippen LogP contribution in [0.15, 0.2) is 63.2 Å². The lowest BCUT2D eigenvalue weighted by Gasteiger charge is -2.48. The van der Waals surface area contributed by atoms with Gasteiger partial charge in [0.15, 0.2) is 0 Å². The molecule has 2 aromatic rings. The molecule has 6 rings (SSSR count). The molecule has 1 aliphatic heterocycles. The molecule has 1 N–H and O–H groups in total. The number of hydrogen-bond acceptors (Lipinski definition) is 3. The fourth-order valence-electron chi connectivity index (χ4n) is 9.39. The van der Waals surface area contributed by atoms with Gasteiger partial charge in [0, 0.05) is 0 Å². The van der Waals surface area contributed by atoms with E-state index in [1.165, 1.54) is 47.8 Å². The second kappa shape index (κ2) is 11.5. The van der Waals surface area contributed by atoms with Crippen LogP contribution in [0.3, 0.4) is 0 Å². The second-order valence-electron chi connectivity index (χ2n) is 14.7. The third kappa shape index (κ3) is 5.02. The average molecular weight is 574 g/mol. The summed E-state index contributed by atoms with van der Waals surface area (Å²) in [5.74, 6) is 3.62. The Hall–Kier alpha value is -2.60. The van der Waals surface area contributed by atoms with Crippen molar-refractivity contribution < 1.29 is 5.11 Å². The predicted molar refractivity (Wildman–Crippen MR) is 169 cm³/mol. The summed E-state index contributed by atoms with van der Waals surface area (Å²) in [6.45, 7) is 12.4. The maximum atomic E-state index is 14.1. The van der Waals surface area contributed by atoms with Crippen molar-refractivity contribution in [3.63, 3.8) is 0 Å². The van der Waals surface area contributed by atoms with Gasteiger partial charge in [-0.3, -0.25) is 0 Å². The first kappa shape index (κ1) is 29.5. The highest BCUT2D eigenvalue weighted by atomic mass is 16.3. The molecule has 0 radical (unpaired) electrons. The molecule has 8 atom stereocenters. The van der Waals surface area contributed by atoms with Gasteiger partial charge in [0.1, 0.15) is 0 Å². The molecular formula is C36H51N3O3. The van der Waals surface area contributed by atoms with Gasteiger partial charge in [-0.05, 0) is 109 Å². The molecule has 6 nitrogen and oxygen atoms in total. The van der Waals surface area contributed by atoms with Gasteiger partial charge >= 0.3 is 11.4 Å². The zero-order chi connectivity index (χ0) is 29.8. The summed E-state index contributed by atoms with van der Waals surface area (Å²) in [7, 11) is 0. The molecule has 2 heterocycles. The number of aromatic nitrogens is 3. The lowest BCUT2D eigenvalue weighted by atomic mass is 9.58. The van der Waals surface area contributed by atoms with Gasteiger partial charge in [-0.15, -0.1) is 0 Å². The van der Waals surface area contributed by atoms with Crippen LogP contribution in [0.4, 0.5) is 0 Å². The largest absolute Gasteiger partial charge is 0.393 e. The van der Waals surface area contributed by atoms with E-state index in [4.69, 9.17) is 0 Å². The van der Waals surface area contributed by atoms with E-state index in [0.717, 1.165) is 19.3 Å². The highest BCUT2D eigenvalue weighted by molar-refractivity contribution is 5.32. The van der Waals surface area contributed by atoms with Gasteiger partial charge in [0.25, 0.3) is 0 Å². The zero-order valence-corrected chi connectivity index (χ0v) is 26.3. The number of benzene rings is 1. The van der Waals surface area contributed by atoms with Crippen LogP contribution in [-0.4, -0.2) is 25.1 Å². The Morgan fingerprint density at radius 1 is 1.00 bits per heavy atom. The molecule has 228 valence electrons. The van der Waals surface area contributed by atoms with Crippen LogP contribution in [0.5, 0.6) is 0 Å². The van der Waals surface area contributed by atoms with E-state index in [-0.39, 0.29) is 23.5 Å². The number of fused-ring (bicyclic) bond motifs is 2. The molecule has 1 aromatic heterocycles. The summed E-state index contributed by atoms with van der Waals surface area (Å²) in [5.41, 5.74) is 2.91. The van der Waals surface area contributed by atoms with Gasteiger partial charge < -0.3 is 5.11 Å². The fourth-order valence-corrected chi connectivity index (χ4v) is 9.39. The first-order valence-electron chi connectivity index (χ1n) is 16.7. The van der Waals surface area contributed by atoms with Crippen molar-refractivity contribution in [3.05, 3.63) is 74.6 Å². The lowest BCUT2D eigenvalue weighted by Crippen LogP contribution is -2.43. The van der Waals surface area contributed by atoms with E-state index < -0.39 is 0 Å². The van der Waals surface area contributed by atoms with E-state index in [0.29, 0.717) is 59.6 Å². The minimum absolute atomic E-state index is 0.163. The van der Waals surface area contributed by atoms with E-state index in [1.54, 1.807) is 9.36 Å². The van der Waals surface area contributed by atoms with Crippen LogP contribution in [0.25, 0.3) is 5.69 Å². The van der Waals surface area contributed by atoms with E-state index in [2.05, 4.69) is 46.8 Å². The van der Waals surface area contributed by atoms with Crippen molar-refractivity contribution in [2.75, 3.05) is 0 Å². The smallest absolute Gasteiger partial charge is 0.352 e. The molecule has 0 amide bonds. The van der Waals surface area contributed by atoms with Crippen LogP contribution < -0.4 is 11.4 Å². The molecule has 0 saturated heterocycles. The summed E-state index contributed by atoms with van der Waals surface area (Å²) in [6.07, 6.45) is 13.8. The SMILES string of the molecule is CC(C)[C@@H](C)/C=C/[C@@H](C)C1CCC2C(C[C@H]3C4=C(CC[C@H](O)C4)Cn4c(=O)n(-c5ccccc5)c(=O)n43)CCCC21C. The summed E-state index contributed by atoms with van der Waals surface area (Å²) in [5, 5.41) is 10.7. The molecule has 0 bridgehead atoms. The van der Waals surface area contributed by atoms with Gasteiger partial charge in [0.05, 0.1) is 24.4 Å². The van der Waals surface area contributed by atoms with Gasteiger partial charge in [-0.1, -0.05) is 77.8 Å². The van der Waals surface area contributed by atoms with Gasteiger partial charge in [0.2, 0.25) is 0 Å². The van der Waals surface area contributed by atoms with Crippen LogP contribution in [0.2, 0.25) is 0 Å². The molecule has 2 fully saturated rings. The third-order valence-corrected chi connectivity index (χ3v) is 12.1. The maximum Gasteiger partial charge on any atom is 0.352 e. The zero-order valence-electron chi connectivity index (χ0n) is 26.3. The molecule has 42 heavy (non-hydrogen) atoms. The molecule has 2 saturated carbocycles. The number of rotatable bonds is 7. The molecular weight excluding hydrogens is 522 g/mol. The quantitative estimate of drug-likeness (QED) is 0.366. The minimum Gasteiger partial charge on any atom is -0.393 e. The summed E-state index contributed by atoms with van der Waals surface area (Å²) >= 11 is 0. The Morgan fingerprint density at radius 3 is 2.50 bits per heavy atom. The Kier molecular flexibility index (Phi) is 8.06. The Labute approximate surface area is 251 Å². The van der Waals surface area contributed by atoms with Crippen molar-refractivity contribution >= 4 is 0 Å². The number of aliphatic hydroxyl groups excluding tert-OH is 1. The standard InChI is InChI=1S/C36H51N3O3/c1-23(2)24(3)13-14-25(4)31-17-18-32-26(10-9-19-36(31,32)5)20-33-30-21-29(40)16-15-27(30)22-37-34(41)38(35(42)39(33)37)28-11-7-6-8-12-28/h6-8,11-14,23-26,29,31-33,40H,9-10,15-22H2,1-5H3/b14-13+/t24-,25+,26?,29-,31?,32?,33-,36?/m0/s1. The Bertz CT molecular complexity index is 1460. The molecule has 4 unspecified atom stereocenters. The lowest BCUT2D eigenvalue weighted by molar-refractivity contribution is 0.0279. The first-order valence-corrected chi connectivity index (χ1v) is 16.7. The van der Waals surface area contributed by atoms with E-state index in [9.17, 15) is 14.7 Å². The van der Waals surface area contributed by atoms with Crippen molar-refractivity contribution in [1.29, 1.82) is 0 Å². The molecule has 0 spiro atoms. The predicted octanol–water partition coefficient (Wildman–Crippen LogP) is 6.90. The van der Waals surface area contributed by atoms with Gasteiger partial charge in [-0.25, -0.2) is 23.5 Å². The second-order valence-corrected chi connectivity index (χ2v) is 14.7. The van der Waals surface area contributed by atoms with E-state index in [1.807, 2.05) is 30.3 Å². The molecule has 6 heteroatoms. The number of nitrogens with zero attached hydrogens (tertiary/aromatic N) is 3. The normalized spacial score (nSPS) is 32.6. The van der Waals surface area contributed by atoms with E-state index >= 15 is 0 Å². The van der Waals surface area contributed by atoms with Crippen molar-refractivity contribution in [3.8, 4) is 5.69 Å². The summed E-state index contributed by atoms with van der Waals surface area (Å²) < 4.78 is 4.84. The van der Waals surface area contributed by atoms with Crippen molar-refractivity contribution in [2.24, 2.45) is 40.9 Å². The number of para-hydroxylation sites is 1. The van der Waals surface area contributed by atoms with Crippen molar-refractivity contribution in [2.45, 2.75) is 111 Å². The Balaban J connectivity index is 1.33. The Morgan fingerprint density at radius 2 is 1.76 bits per heavy atom. The van der Waals surface area contributed by atoms with Crippen LogP contribution in [0, 0.1) is 40.9 Å². The van der Waals surface area contributed by atoms with Crippen LogP contribution in [-0.2, 0) is 6.54 Å². The topological polar surface area (TPSA) is 69.2 Å². The monoisotopic (exact) mass is 573 g/mol. The maximum absolute atomic E-state index is 14.1. The first-order chi connectivity index (χ1) is 20.1. The molecule has 3 aliphatic carbocycles. The number of aliphatic hydroxyl groups is 1. The molecule has 4 aliphatic rings.